The van der Waals surface area contributed by atoms with Crippen molar-refractivity contribution in [3.8, 4) is 5.69 Å². The van der Waals surface area contributed by atoms with Crippen LogP contribution in [-0.2, 0) is 0 Å². The molecule has 0 radical (unpaired) electrons. The first-order valence-electron chi connectivity index (χ1n) is 8.90. The van der Waals surface area contributed by atoms with E-state index in [2.05, 4.69) is 83.4 Å². The van der Waals surface area contributed by atoms with Crippen molar-refractivity contribution in [2.24, 2.45) is 0 Å². The first kappa shape index (κ1) is 15.3. The molecule has 0 aliphatic rings. The van der Waals surface area contributed by atoms with Crippen molar-refractivity contribution in [2.75, 3.05) is 0 Å². The lowest BCUT2D eigenvalue weighted by atomic mass is 10.1. The largest absolute Gasteiger partial charge is 0.309 e. The van der Waals surface area contributed by atoms with Crippen LogP contribution in [0.4, 0.5) is 0 Å². The van der Waals surface area contributed by atoms with E-state index in [0.717, 1.165) is 5.02 Å². The van der Waals surface area contributed by atoms with Gasteiger partial charge >= 0.3 is 0 Å². The summed E-state index contributed by atoms with van der Waals surface area (Å²) in [6.07, 6.45) is 0. The van der Waals surface area contributed by atoms with E-state index in [0.29, 0.717) is 0 Å². The number of hydrogen-bond donors (Lipinski definition) is 0. The highest BCUT2D eigenvalue weighted by Crippen LogP contribution is 2.43. The fraction of sp³-hybridized carbons (Fsp3) is 0. The van der Waals surface area contributed by atoms with Crippen LogP contribution in [0, 0.1) is 0 Å². The molecule has 0 atom stereocenters. The summed E-state index contributed by atoms with van der Waals surface area (Å²) < 4.78 is 5.01. The molecule has 2 heterocycles. The van der Waals surface area contributed by atoms with E-state index < -0.39 is 0 Å². The number of benzene rings is 4. The van der Waals surface area contributed by atoms with Gasteiger partial charge in [-0.2, -0.15) is 0 Å². The van der Waals surface area contributed by atoms with Crippen molar-refractivity contribution in [2.45, 2.75) is 0 Å². The highest BCUT2D eigenvalue weighted by Gasteiger charge is 2.17. The van der Waals surface area contributed by atoms with E-state index in [-0.39, 0.29) is 0 Å². The standard InChI is InChI=1S/C24H14ClNS/c25-15-10-12-20-19(14-15)17-11-13-22-23(18-8-4-5-9-21(18)27-22)24(17)26(20)16-6-2-1-3-7-16/h1-14H. The molecule has 0 saturated carbocycles. The highest BCUT2D eigenvalue weighted by atomic mass is 35.5. The molecule has 0 amide bonds. The van der Waals surface area contributed by atoms with Crippen molar-refractivity contribution in [1.82, 2.24) is 4.57 Å². The zero-order chi connectivity index (χ0) is 18.0. The lowest BCUT2D eigenvalue weighted by Gasteiger charge is -2.08. The van der Waals surface area contributed by atoms with E-state index >= 15 is 0 Å². The number of thiophene rings is 1. The van der Waals surface area contributed by atoms with Crippen LogP contribution in [0.5, 0.6) is 0 Å². The lowest BCUT2D eigenvalue weighted by Crippen LogP contribution is -1.93. The number of hydrogen-bond acceptors (Lipinski definition) is 1. The third-order valence-electron chi connectivity index (χ3n) is 5.24. The molecular formula is C24H14ClNS. The molecule has 0 aliphatic carbocycles. The predicted octanol–water partition coefficient (Wildman–Crippen LogP) is 7.81. The lowest BCUT2D eigenvalue weighted by molar-refractivity contribution is 1.19. The topological polar surface area (TPSA) is 4.93 Å². The van der Waals surface area contributed by atoms with Crippen molar-refractivity contribution in [1.29, 1.82) is 0 Å². The maximum atomic E-state index is 6.36. The van der Waals surface area contributed by atoms with Crippen molar-refractivity contribution in [3.63, 3.8) is 0 Å². The van der Waals surface area contributed by atoms with Gasteiger partial charge in [0.15, 0.2) is 0 Å². The Labute approximate surface area is 165 Å². The van der Waals surface area contributed by atoms with Gasteiger partial charge in [0.2, 0.25) is 0 Å². The molecule has 4 aromatic carbocycles. The number of nitrogens with zero attached hydrogens (tertiary/aromatic N) is 1. The van der Waals surface area contributed by atoms with Gasteiger partial charge in [0.05, 0.1) is 11.0 Å². The quantitative estimate of drug-likeness (QED) is 0.273. The first-order chi connectivity index (χ1) is 13.3. The highest BCUT2D eigenvalue weighted by molar-refractivity contribution is 7.26. The zero-order valence-electron chi connectivity index (χ0n) is 14.3. The Kier molecular flexibility index (Phi) is 3.16. The molecule has 2 aromatic heterocycles. The van der Waals surface area contributed by atoms with Gasteiger partial charge in [-0.05, 0) is 42.5 Å². The fourth-order valence-corrected chi connectivity index (χ4v) is 5.41. The van der Waals surface area contributed by atoms with Gasteiger partial charge in [-0.15, -0.1) is 11.3 Å². The van der Waals surface area contributed by atoms with Gasteiger partial charge in [0.1, 0.15) is 0 Å². The molecule has 27 heavy (non-hydrogen) atoms. The first-order valence-corrected chi connectivity index (χ1v) is 10.1. The molecule has 0 unspecified atom stereocenters. The molecule has 0 N–H and O–H groups in total. The third-order valence-corrected chi connectivity index (χ3v) is 6.61. The maximum Gasteiger partial charge on any atom is 0.0634 e. The summed E-state index contributed by atoms with van der Waals surface area (Å²) in [6, 6.07) is 29.9. The molecule has 3 heteroatoms. The van der Waals surface area contributed by atoms with Gasteiger partial charge in [0.25, 0.3) is 0 Å². The van der Waals surface area contributed by atoms with Gasteiger partial charge in [0, 0.05) is 41.7 Å². The average Bonchev–Trinajstić information content (AvgIpc) is 3.23. The molecule has 0 spiro atoms. The van der Waals surface area contributed by atoms with Crippen LogP contribution in [0.1, 0.15) is 0 Å². The minimum Gasteiger partial charge on any atom is -0.309 e. The number of rotatable bonds is 1. The van der Waals surface area contributed by atoms with Crippen LogP contribution in [-0.4, -0.2) is 4.57 Å². The number of fused-ring (bicyclic) bond motifs is 7. The summed E-state index contributed by atoms with van der Waals surface area (Å²) in [5.74, 6) is 0. The van der Waals surface area contributed by atoms with Crippen LogP contribution in [0.25, 0.3) is 47.7 Å². The molecule has 0 saturated heterocycles. The smallest absolute Gasteiger partial charge is 0.0634 e. The molecule has 0 aliphatic heterocycles. The van der Waals surface area contributed by atoms with E-state index in [4.69, 9.17) is 11.6 Å². The van der Waals surface area contributed by atoms with Gasteiger partial charge < -0.3 is 4.57 Å². The van der Waals surface area contributed by atoms with Crippen molar-refractivity contribution >= 4 is 64.9 Å². The molecule has 0 fully saturated rings. The van der Waals surface area contributed by atoms with Gasteiger partial charge in [-0.3, -0.25) is 0 Å². The van der Waals surface area contributed by atoms with Gasteiger partial charge in [-0.25, -0.2) is 0 Å². The van der Waals surface area contributed by atoms with E-state index in [1.165, 1.54) is 47.7 Å². The fourth-order valence-electron chi connectivity index (χ4n) is 4.13. The summed E-state index contributed by atoms with van der Waals surface area (Å²) in [5, 5.41) is 5.84. The van der Waals surface area contributed by atoms with Crippen molar-refractivity contribution in [3.05, 3.63) is 90.0 Å². The second-order valence-electron chi connectivity index (χ2n) is 6.77. The minimum atomic E-state index is 0.768. The summed E-state index contributed by atoms with van der Waals surface area (Å²) in [7, 11) is 0. The zero-order valence-corrected chi connectivity index (χ0v) is 15.9. The van der Waals surface area contributed by atoms with Crippen LogP contribution < -0.4 is 0 Å². The van der Waals surface area contributed by atoms with Crippen LogP contribution in [0.2, 0.25) is 5.02 Å². The molecule has 128 valence electrons. The molecule has 0 bridgehead atoms. The van der Waals surface area contributed by atoms with Crippen molar-refractivity contribution < 1.29 is 0 Å². The second kappa shape index (κ2) is 5.59. The van der Waals surface area contributed by atoms with E-state index in [1.54, 1.807) is 0 Å². The Morgan fingerprint density at radius 1 is 0.667 bits per heavy atom. The van der Waals surface area contributed by atoms with Crippen LogP contribution in [0.15, 0.2) is 84.9 Å². The monoisotopic (exact) mass is 383 g/mol. The predicted molar refractivity (Wildman–Crippen MR) is 119 cm³/mol. The second-order valence-corrected chi connectivity index (χ2v) is 8.29. The molecular weight excluding hydrogens is 370 g/mol. The third kappa shape index (κ3) is 2.11. The average molecular weight is 384 g/mol. The summed E-state index contributed by atoms with van der Waals surface area (Å²) >= 11 is 8.21. The van der Waals surface area contributed by atoms with E-state index in [9.17, 15) is 0 Å². The summed E-state index contributed by atoms with van der Waals surface area (Å²) in [4.78, 5) is 0. The molecule has 6 rings (SSSR count). The Morgan fingerprint density at radius 3 is 2.37 bits per heavy atom. The SMILES string of the molecule is Clc1ccc2c(c1)c1ccc3sc4ccccc4c3c1n2-c1ccccc1. The Bertz CT molecular complexity index is 1470. The number of aromatic nitrogens is 1. The maximum absolute atomic E-state index is 6.36. The van der Waals surface area contributed by atoms with Crippen LogP contribution in [0.3, 0.4) is 0 Å². The molecule has 1 nitrogen and oxygen atoms in total. The Morgan fingerprint density at radius 2 is 1.48 bits per heavy atom. The molecule has 6 aromatic rings. The number of para-hydroxylation sites is 1. The summed E-state index contributed by atoms with van der Waals surface area (Å²) in [6.45, 7) is 0. The van der Waals surface area contributed by atoms with Gasteiger partial charge in [-0.1, -0.05) is 54.1 Å². The Hall–Kier alpha value is -2.81. The van der Waals surface area contributed by atoms with Crippen LogP contribution >= 0.6 is 22.9 Å². The Balaban J connectivity index is 1.95. The normalized spacial score (nSPS) is 11.9. The number of halogens is 1. The van der Waals surface area contributed by atoms with E-state index in [1.807, 2.05) is 17.4 Å². The summed E-state index contributed by atoms with van der Waals surface area (Å²) in [5.41, 5.74) is 3.61. The minimum absolute atomic E-state index is 0.768.